The Hall–Kier alpha value is -5.96. The van der Waals surface area contributed by atoms with Crippen molar-refractivity contribution in [1.82, 2.24) is 9.97 Å². The Balaban J connectivity index is 1.12. The van der Waals surface area contributed by atoms with Crippen molar-refractivity contribution in [3.05, 3.63) is 196 Å². The number of pyridine rings is 2. The molecule has 8 heteroatoms. The second-order valence-corrected chi connectivity index (χ2v) is 14.4. The second kappa shape index (κ2) is 14.7. The van der Waals surface area contributed by atoms with Crippen LogP contribution in [0.4, 0.5) is 0 Å². The number of carboxylic acid groups (broad SMARTS) is 1. The van der Waals surface area contributed by atoms with Gasteiger partial charge in [0.15, 0.2) is 0 Å². The highest BCUT2D eigenvalue weighted by Gasteiger charge is 2.40. The van der Waals surface area contributed by atoms with Gasteiger partial charge in [0, 0.05) is 20.5 Å². The zero-order valence-electron chi connectivity index (χ0n) is 27.9. The van der Waals surface area contributed by atoms with Gasteiger partial charge >= 0.3 is 5.97 Å². The van der Waals surface area contributed by atoms with Crippen molar-refractivity contribution in [2.75, 3.05) is 0 Å². The van der Waals surface area contributed by atoms with Crippen LogP contribution in [0.1, 0.15) is 37.7 Å². The van der Waals surface area contributed by atoms with E-state index in [-0.39, 0.29) is 5.56 Å². The molecule has 5 aromatic carbocycles. The molecule has 0 spiro atoms. The largest absolute Gasteiger partial charge is 0.487 e. The van der Waals surface area contributed by atoms with Crippen molar-refractivity contribution in [3.63, 3.8) is 0 Å². The summed E-state index contributed by atoms with van der Waals surface area (Å²) in [5.74, 6) is 0.446. The molecule has 1 N–H and O–H groups in total. The molecule has 0 aliphatic heterocycles. The van der Waals surface area contributed by atoms with E-state index in [0.29, 0.717) is 29.6 Å². The molecule has 0 fully saturated rings. The average molecular weight is 717 g/mol. The molecule has 0 saturated carbocycles. The minimum absolute atomic E-state index is 0.249. The van der Waals surface area contributed by atoms with E-state index in [0.717, 1.165) is 49.2 Å². The van der Waals surface area contributed by atoms with Crippen LogP contribution in [-0.4, -0.2) is 21.0 Å². The topological polar surface area (TPSA) is 81.5 Å². The molecule has 3 aromatic heterocycles. The fraction of sp³-hybridized carbons (Fsp3) is 0.0682. The highest BCUT2D eigenvalue weighted by molar-refractivity contribution is 8.00. The van der Waals surface area contributed by atoms with Gasteiger partial charge in [0.1, 0.15) is 29.5 Å². The number of hydrogen-bond donors (Lipinski definition) is 1. The number of nitrogens with zero attached hydrogens (tertiary/aromatic N) is 2. The highest BCUT2D eigenvalue weighted by Crippen LogP contribution is 2.54. The number of thiophene rings is 1. The zero-order chi connectivity index (χ0) is 35.3. The molecule has 0 atom stereocenters. The van der Waals surface area contributed by atoms with E-state index >= 15 is 0 Å². The molecule has 52 heavy (non-hydrogen) atoms. The third-order valence-electron chi connectivity index (χ3n) is 8.86. The van der Waals surface area contributed by atoms with E-state index in [4.69, 9.17) is 19.4 Å². The predicted octanol–water partition coefficient (Wildman–Crippen LogP) is 10.8. The Morgan fingerprint density at radius 2 is 1.12 bits per heavy atom. The van der Waals surface area contributed by atoms with Crippen molar-refractivity contribution in [3.8, 4) is 11.5 Å². The van der Waals surface area contributed by atoms with Crippen LogP contribution in [-0.2, 0) is 18.0 Å². The number of carbonyl (C=O) groups is 1. The maximum atomic E-state index is 12.4. The zero-order valence-corrected chi connectivity index (χ0v) is 29.5. The molecule has 254 valence electrons. The van der Waals surface area contributed by atoms with Crippen LogP contribution in [0, 0.1) is 0 Å². The molecule has 0 aliphatic carbocycles. The van der Waals surface area contributed by atoms with Crippen LogP contribution in [0.25, 0.3) is 21.8 Å². The maximum Gasteiger partial charge on any atom is 0.336 e. The van der Waals surface area contributed by atoms with Gasteiger partial charge in [-0.15, -0.1) is 23.1 Å². The molecule has 0 unspecified atom stereocenters. The highest BCUT2D eigenvalue weighted by atomic mass is 32.2. The van der Waals surface area contributed by atoms with Crippen molar-refractivity contribution >= 4 is 50.9 Å². The second-order valence-electron chi connectivity index (χ2n) is 12.2. The van der Waals surface area contributed by atoms with E-state index < -0.39 is 10.7 Å². The summed E-state index contributed by atoms with van der Waals surface area (Å²) in [4.78, 5) is 23.6. The third-order valence-corrected chi connectivity index (χ3v) is 11.5. The number of para-hydroxylation sites is 2. The summed E-state index contributed by atoms with van der Waals surface area (Å²) in [5.41, 5.74) is 5.75. The number of hydrogen-bond acceptors (Lipinski definition) is 7. The molecule has 0 radical (unpaired) electrons. The van der Waals surface area contributed by atoms with E-state index in [1.54, 1.807) is 23.5 Å². The van der Waals surface area contributed by atoms with Crippen LogP contribution < -0.4 is 9.47 Å². The molecule has 0 amide bonds. The van der Waals surface area contributed by atoms with E-state index in [9.17, 15) is 9.90 Å². The monoisotopic (exact) mass is 716 g/mol. The normalized spacial score (nSPS) is 11.5. The minimum Gasteiger partial charge on any atom is -0.487 e. The number of thioether (sulfide) groups is 1. The number of aromatic carboxylic acids is 1. The van der Waals surface area contributed by atoms with Gasteiger partial charge in [-0.05, 0) is 83.2 Å². The van der Waals surface area contributed by atoms with E-state index in [1.807, 2.05) is 103 Å². The van der Waals surface area contributed by atoms with Gasteiger partial charge in [-0.1, -0.05) is 91.0 Å². The van der Waals surface area contributed by atoms with E-state index in [1.165, 1.54) is 11.8 Å². The molecule has 0 aliphatic rings. The van der Waals surface area contributed by atoms with Crippen LogP contribution >= 0.6 is 23.1 Å². The number of aromatic nitrogens is 2. The number of rotatable bonds is 12. The van der Waals surface area contributed by atoms with Crippen molar-refractivity contribution in [2.45, 2.75) is 22.9 Å². The fourth-order valence-electron chi connectivity index (χ4n) is 6.26. The first kappa shape index (κ1) is 33.2. The fourth-order valence-corrected chi connectivity index (χ4v) is 8.81. The lowest BCUT2D eigenvalue weighted by Crippen LogP contribution is -2.25. The lowest BCUT2D eigenvalue weighted by molar-refractivity contribution is 0.0693. The van der Waals surface area contributed by atoms with Gasteiger partial charge in [0.2, 0.25) is 0 Å². The smallest absolute Gasteiger partial charge is 0.336 e. The van der Waals surface area contributed by atoms with Gasteiger partial charge in [0.05, 0.1) is 28.0 Å². The summed E-state index contributed by atoms with van der Waals surface area (Å²) in [5, 5.41) is 14.4. The molecule has 0 saturated heterocycles. The van der Waals surface area contributed by atoms with Gasteiger partial charge in [0.25, 0.3) is 0 Å². The van der Waals surface area contributed by atoms with Crippen molar-refractivity contribution < 1.29 is 19.4 Å². The first-order valence-corrected chi connectivity index (χ1v) is 18.5. The number of ether oxygens (including phenoxy) is 2. The van der Waals surface area contributed by atoms with Crippen LogP contribution in [0.2, 0.25) is 0 Å². The summed E-state index contributed by atoms with van der Waals surface area (Å²) >= 11 is 3.15. The summed E-state index contributed by atoms with van der Waals surface area (Å²) < 4.78 is 11.6. The van der Waals surface area contributed by atoms with Crippen LogP contribution in [0.15, 0.2) is 168 Å². The third kappa shape index (κ3) is 6.86. The molecule has 0 bridgehead atoms. The summed E-state index contributed by atoms with van der Waals surface area (Å²) in [6.07, 6.45) is 0. The molecule has 8 rings (SSSR count). The van der Waals surface area contributed by atoms with Gasteiger partial charge in [-0.25, -0.2) is 14.8 Å². The lowest BCUT2D eigenvalue weighted by Gasteiger charge is -2.34. The number of carboxylic acids is 1. The van der Waals surface area contributed by atoms with Gasteiger partial charge in [-0.3, -0.25) is 0 Å². The first-order chi connectivity index (χ1) is 25.5. The summed E-state index contributed by atoms with van der Waals surface area (Å²) in [6.45, 7) is 0.661. The molecular weight excluding hydrogens is 685 g/mol. The molecule has 6 nitrogen and oxygen atoms in total. The molecular formula is C44H32N2O4S2. The van der Waals surface area contributed by atoms with Gasteiger partial charge < -0.3 is 14.6 Å². The average Bonchev–Trinajstić information content (AvgIpc) is 3.75. The summed E-state index contributed by atoms with van der Waals surface area (Å²) in [7, 11) is 0. The van der Waals surface area contributed by atoms with Gasteiger partial charge in [-0.2, -0.15) is 0 Å². The maximum absolute atomic E-state index is 12.4. The Labute approximate surface area is 309 Å². The lowest BCUT2D eigenvalue weighted by atomic mass is 9.88. The SMILES string of the molecule is O=C(O)c1ccccc1SC(c1ccc(OCc2ccc3ccccc3n2)cc1)(c1ccc(OCc2ccc3ccccc3n2)cc1)c1cccs1. The Kier molecular flexibility index (Phi) is 9.40. The quantitative estimate of drug-likeness (QED) is 0.126. The number of benzene rings is 5. The predicted molar refractivity (Wildman–Crippen MR) is 208 cm³/mol. The first-order valence-electron chi connectivity index (χ1n) is 16.8. The van der Waals surface area contributed by atoms with E-state index in [2.05, 4.69) is 47.8 Å². The summed E-state index contributed by atoms with van der Waals surface area (Å²) in [6, 6.07) is 51.6. The molecule has 8 aromatic rings. The Morgan fingerprint density at radius 3 is 1.63 bits per heavy atom. The Bertz CT molecular complexity index is 2360. The number of fused-ring (bicyclic) bond motifs is 2. The molecule has 3 heterocycles. The Morgan fingerprint density at radius 1 is 0.596 bits per heavy atom. The van der Waals surface area contributed by atoms with Crippen molar-refractivity contribution in [2.24, 2.45) is 0 Å². The van der Waals surface area contributed by atoms with Crippen molar-refractivity contribution in [1.29, 1.82) is 0 Å². The standard InChI is InChI=1S/C44H32N2O4S2/c47-43(48)38-10-3-6-13-41(38)52-44(42-14-7-27-51-42,32-17-23-36(24-18-32)49-28-34-21-15-30-8-1-4-11-39(30)45-34)33-19-25-37(26-20-33)50-29-35-22-16-31-9-2-5-12-40(31)46-35/h1-27H,28-29H2,(H,47,48). The van der Waals surface area contributed by atoms with Crippen LogP contribution in [0.3, 0.4) is 0 Å². The van der Waals surface area contributed by atoms with Crippen LogP contribution in [0.5, 0.6) is 11.5 Å². The minimum atomic E-state index is -0.972.